The van der Waals surface area contributed by atoms with Crippen LogP contribution in [0.2, 0.25) is 0 Å². The molecule has 6 aromatic heterocycles. The quantitative estimate of drug-likeness (QED) is 0.0373. The molecule has 0 aliphatic heterocycles. The average molecular weight is 1120 g/mol. The first-order chi connectivity index (χ1) is 37.1. The summed E-state index contributed by atoms with van der Waals surface area (Å²) in [7, 11) is 0. The number of anilines is 2. The lowest BCUT2D eigenvalue weighted by atomic mass is 10.1. The Labute approximate surface area is 455 Å². The van der Waals surface area contributed by atoms with E-state index in [1.165, 1.54) is 22.7 Å². The number of aromatic nitrogens is 6. The van der Waals surface area contributed by atoms with E-state index in [0.717, 1.165) is 68.7 Å². The lowest BCUT2D eigenvalue weighted by Gasteiger charge is -2.20. The second-order valence-corrected chi connectivity index (χ2v) is 20.7. The minimum Gasteiger partial charge on any atom is -0.480 e. The molecule has 2 aromatic carbocycles. The molecule has 77 heavy (non-hydrogen) atoms. The molecule has 0 saturated carbocycles. The number of nitrogens with zero attached hydrogens (tertiary/aromatic N) is 5. The summed E-state index contributed by atoms with van der Waals surface area (Å²) in [5.74, 6) is -4.59. The zero-order valence-electron chi connectivity index (χ0n) is 41.9. The number of ether oxygens (including phenoxy) is 1. The Morgan fingerprint density at radius 1 is 0.636 bits per heavy atom. The number of fused-ring (bicyclic) bond motifs is 2. The van der Waals surface area contributed by atoms with Crippen molar-refractivity contribution in [2.24, 2.45) is 0 Å². The summed E-state index contributed by atoms with van der Waals surface area (Å²) in [6, 6.07) is 15.3. The van der Waals surface area contributed by atoms with Gasteiger partial charge >= 0.3 is 11.9 Å². The molecule has 0 saturated heterocycles. The van der Waals surface area contributed by atoms with Crippen LogP contribution in [0.4, 0.5) is 10.3 Å². The Morgan fingerprint density at radius 3 is 1.55 bits per heavy atom. The Kier molecular flexibility index (Phi) is 19.8. The van der Waals surface area contributed by atoms with E-state index in [9.17, 15) is 43.5 Å². The number of amides is 6. The molecule has 0 spiro atoms. The van der Waals surface area contributed by atoms with E-state index in [1.54, 1.807) is 61.3 Å². The number of H-pyrrole nitrogens is 2. The number of hydrogen-bond acceptors (Lipinski definition) is 18. The predicted octanol–water partition coefficient (Wildman–Crippen LogP) is 5.17. The van der Waals surface area contributed by atoms with Gasteiger partial charge in [0.05, 0.1) is 57.4 Å². The molecule has 6 amide bonds. The molecule has 0 unspecified atom stereocenters. The Hall–Kier alpha value is -8.24. The van der Waals surface area contributed by atoms with E-state index in [-0.39, 0.29) is 70.3 Å². The molecular formula is C50H53N13O10S4. The van der Waals surface area contributed by atoms with Crippen LogP contribution in [0.1, 0.15) is 75.0 Å². The van der Waals surface area contributed by atoms with E-state index in [0.29, 0.717) is 27.7 Å². The maximum Gasteiger partial charge on any atom is 0.330 e. The molecule has 0 aliphatic carbocycles. The number of esters is 1. The largest absolute Gasteiger partial charge is 0.480 e. The van der Waals surface area contributed by atoms with Crippen LogP contribution in [-0.2, 0) is 36.8 Å². The van der Waals surface area contributed by atoms with Gasteiger partial charge in [0.1, 0.15) is 28.4 Å². The molecule has 27 heteroatoms. The first kappa shape index (κ1) is 56.5. The number of carbonyl (C=O) groups excluding carboxylic acids is 7. The number of aromatic amines is 2. The summed E-state index contributed by atoms with van der Waals surface area (Å²) >= 11 is 4.42. The van der Waals surface area contributed by atoms with E-state index in [1.807, 2.05) is 50.2 Å². The van der Waals surface area contributed by atoms with Crippen LogP contribution in [0.15, 0.2) is 83.8 Å². The number of aliphatic carboxylic acids is 1. The number of rotatable bonds is 23. The molecule has 8 aromatic rings. The van der Waals surface area contributed by atoms with Crippen molar-refractivity contribution in [1.29, 1.82) is 0 Å². The number of thiophene rings is 2. The normalized spacial score (nSPS) is 11.8. The third kappa shape index (κ3) is 15.4. The number of aryl methyl sites for hydroxylation is 2. The van der Waals surface area contributed by atoms with Gasteiger partial charge in [-0.05, 0) is 73.1 Å². The van der Waals surface area contributed by atoms with Crippen LogP contribution < -0.4 is 31.9 Å². The number of carboxylic acids is 1. The molecule has 0 aliphatic rings. The Bertz CT molecular complexity index is 3360. The van der Waals surface area contributed by atoms with Crippen LogP contribution in [0.5, 0.6) is 0 Å². The molecule has 0 radical (unpaired) electrons. The third-order valence-corrected chi connectivity index (χ3v) is 15.4. The highest BCUT2D eigenvalue weighted by atomic mass is 32.1. The Balaban J connectivity index is 0.000000227. The van der Waals surface area contributed by atoms with Gasteiger partial charge in [-0.1, -0.05) is 72.9 Å². The number of carbonyl (C=O) groups is 8. The van der Waals surface area contributed by atoms with Crippen molar-refractivity contribution < 1.29 is 48.2 Å². The lowest BCUT2D eigenvalue weighted by molar-refractivity contribution is -0.146. The fourth-order valence-corrected chi connectivity index (χ4v) is 10.5. The van der Waals surface area contributed by atoms with Gasteiger partial charge in [-0.3, -0.25) is 39.0 Å². The molecule has 402 valence electrons. The highest BCUT2D eigenvalue weighted by Crippen LogP contribution is 2.26. The monoisotopic (exact) mass is 1120 g/mol. The fourth-order valence-electron chi connectivity index (χ4n) is 7.50. The standard InChI is InChI=1S/C28H33N7O5S2.C22H20N6O5S2/c1-4-35(5-2)11-12-40-27(39)21(16-29-25(37)22-10-7-13-41-22)32-26(38)24-17(3)31-28(42-24)33-23(36)14-18-8-6-9-20-19(18)15-30-34-20;1-11-18(20(31)26-15(21(32)33)10-23-19(30)16-6-3-7-34-16)35-22(25-11)27-17(29)8-12-4-2-5-14-13(12)9-24-28-14/h6-10,13,15,21H,4-5,11-12,14,16H2,1-3H3,(H,29,37)(H,30,34)(H,32,38)(H,31,33,36);2-7,9,15H,8,10H2,1H3,(H,23,30)(H,24,28)(H,26,31)(H,32,33)(H,25,27,29)/t21-;15-/m00/s1. The minimum atomic E-state index is -1.35. The van der Waals surface area contributed by atoms with Crippen molar-refractivity contribution in [3.8, 4) is 0 Å². The number of nitrogens with one attached hydrogen (secondary N) is 8. The summed E-state index contributed by atoms with van der Waals surface area (Å²) in [6.07, 6.45) is 3.50. The molecular weight excluding hydrogens is 1070 g/mol. The highest BCUT2D eigenvalue weighted by Gasteiger charge is 2.28. The second-order valence-electron chi connectivity index (χ2n) is 16.8. The van der Waals surface area contributed by atoms with Gasteiger partial charge in [-0.15, -0.1) is 22.7 Å². The van der Waals surface area contributed by atoms with Crippen LogP contribution in [0, 0.1) is 13.8 Å². The van der Waals surface area contributed by atoms with Gasteiger partial charge in [-0.2, -0.15) is 10.2 Å². The molecule has 0 fully saturated rings. The lowest BCUT2D eigenvalue weighted by Crippen LogP contribution is -2.49. The number of likely N-dealkylation sites (N-methyl/N-ethyl adjacent to an activating group) is 1. The van der Waals surface area contributed by atoms with Crippen molar-refractivity contribution in [3.05, 3.63) is 126 Å². The van der Waals surface area contributed by atoms with Crippen LogP contribution in [0.3, 0.4) is 0 Å². The summed E-state index contributed by atoms with van der Waals surface area (Å²) in [5, 5.41) is 44.6. The number of carboxylic acid groups (broad SMARTS) is 1. The smallest absolute Gasteiger partial charge is 0.330 e. The summed E-state index contributed by atoms with van der Waals surface area (Å²) in [5.41, 5.74) is 3.97. The zero-order valence-corrected chi connectivity index (χ0v) is 45.2. The second kappa shape index (κ2) is 27.0. The molecule has 8 rings (SSSR count). The first-order valence-electron chi connectivity index (χ1n) is 23.8. The van der Waals surface area contributed by atoms with Crippen molar-refractivity contribution in [2.75, 3.05) is 50.0 Å². The number of hydrogen-bond donors (Lipinski definition) is 9. The molecule has 0 bridgehead atoms. The van der Waals surface area contributed by atoms with E-state index < -0.39 is 41.7 Å². The van der Waals surface area contributed by atoms with E-state index in [4.69, 9.17) is 4.74 Å². The van der Waals surface area contributed by atoms with Crippen LogP contribution in [-0.4, -0.2) is 139 Å². The van der Waals surface area contributed by atoms with Gasteiger partial charge in [0.2, 0.25) is 11.8 Å². The molecule has 9 N–H and O–H groups in total. The highest BCUT2D eigenvalue weighted by molar-refractivity contribution is 7.18. The first-order valence-corrected chi connectivity index (χ1v) is 27.2. The summed E-state index contributed by atoms with van der Waals surface area (Å²) in [6.45, 7) is 9.13. The summed E-state index contributed by atoms with van der Waals surface area (Å²) in [4.78, 5) is 112. The average Bonchev–Trinajstić information content (AvgIpc) is 4.28. The van der Waals surface area contributed by atoms with Crippen molar-refractivity contribution in [2.45, 2.75) is 52.6 Å². The van der Waals surface area contributed by atoms with Gasteiger partial charge in [0.15, 0.2) is 10.3 Å². The molecule has 23 nitrogen and oxygen atoms in total. The van der Waals surface area contributed by atoms with Crippen molar-refractivity contribution >= 4 is 125 Å². The van der Waals surface area contributed by atoms with Crippen molar-refractivity contribution in [3.63, 3.8) is 0 Å². The minimum absolute atomic E-state index is 0.0854. The third-order valence-electron chi connectivity index (χ3n) is 11.5. The Morgan fingerprint density at radius 2 is 1.10 bits per heavy atom. The van der Waals surface area contributed by atoms with Gasteiger partial charge < -0.3 is 46.6 Å². The van der Waals surface area contributed by atoms with Gasteiger partial charge in [0, 0.05) is 30.4 Å². The maximum atomic E-state index is 13.2. The SMILES string of the molecule is CCN(CC)CCOC(=O)[C@H](CNC(=O)c1cccs1)NC(=O)c1sc(NC(=O)Cc2cccc3[nH]ncc23)nc1C.Cc1nc(NC(=O)Cc2cccc3[nH]ncc23)sc1C(=O)N[C@@H](CNC(=O)c1cccs1)C(=O)O. The maximum absolute atomic E-state index is 13.2. The van der Waals surface area contributed by atoms with E-state index in [2.05, 4.69) is 67.2 Å². The topological polar surface area (TPSA) is 325 Å². The van der Waals surface area contributed by atoms with E-state index >= 15 is 0 Å². The fraction of sp³-hybridized carbons (Fsp3) is 0.280. The summed E-state index contributed by atoms with van der Waals surface area (Å²) < 4.78 is 5.45. The molecule has 6 heterocycles. The predicted molar refractivity (Wildman–Crippen MR) is 293 cm³/mol. The van der Waals surface area contributed by atoms with Crippen LogP contribution >= 0.6 is 45.3 Å². The number of thiazole rings is 2. The number of benzene rings is 2. The van der Waals surface area contributed by atoms with Gasteiger partial charge in [-0.25, -0.2) is 19.6 Å². The van der Waals surface area contributed by atoms with Gasteiger partial charge in [0.25, 0.3) is 23.6 Å². The van der Waals surface area contributed by atoms with Crippen LogP contribution in [0.25, 0.3) is 21.8 Å². The zero-order chi connectivity index (χ0) is 55.0. The van der Waals surface area contributed by atoms with Crippen molar-refractivity contribution in [1.82, 2.24) is 56.5 Å². The molecule has 2 atom stereocenters.